The first-order chi connectivity index (χ1) is 5.34. The zero-order valence-corrected chi connectivity index (χ0v) is 10.4. The average molecular weight is 296 g/mol. The number of nitrogens with zero attached hydrogens (tertiary/aromatic N) is 2. The van der Waals surface area contributed by atoms with E-state index >= 15 is 0 Å². The number of hydrogen-bond donors (Lipinski definition) is 0. The summed E-state index contributed by atoms with van der Waals surface area (Å²) in [4.78, 5) is 10.8. The van der Waals surface area contributed by atoms with E-state index < -0.39 is 0 Å². The summed E-state index contributed by atoms with van der Waals surface area (Å²) in [5, 5.41) is 6.93. The number of amides is 1. The van der Waals surface area contributed by atoms with Crippen LogP contribution in [-0.4, -0.2) is 5.91 Å². The average Bonchev–Trinajstić information content (AvgIpc) is 2.37. The van der Waals surface area contributed by atoms with Crippen molar-refractivity contribution in [1.82, 2.24) is 0 Å². The molecule has 0 atom stereocenters. The maximum absolute atomic E-state index is 10.8. The van der Waals surface area contributed by atoms with E-state index in [1.54, 1.807) is 6.20 Å². The van der Waals surface area contributed by atoms with E-state index in [0.29, 0.717) is 0 Å². The fourth-order valence-electron chi connectivity index (χ4n) is 1.01. The van der Waals surface area contributed by atoms with Crippen molar-refractivity contribution in [1.29, 1.82) is 0 Å². The second-order valence-corrected chi connectivity index (χ2v) is 2.63. The van der Waals surface area contributed by atoms with E-state index in [4.69, 9.17) is 0 Å². The third-order valence-corrected chi connectivity index (χ3v) is 1.69. The number of carbonyl (C=O) groups excluding carboxylic acids is 1. The van der Waals surface area contributed by atoms with Gasteiger partial charge < -0.3 is 0 Å². The largest absolute Gasteiger partial charge is 0.292 e. The van der Waals surface area contributed by atoms with E-state index in [1.807, 2.05) is 0 Å². The molecule has 1 heterocycles. The summed E-state index contributed by atoms with van der Waals surface area (Å²) < 4.78 is 0. The van der Waals surface area contributed by atoms with E-state index in [9.17, 15) is 4.79 Å². The first kappa shape index (κ1) is 12.4. The minimum absolute atomic E-state index is 0. The normalized spacial score (nSPS) is 14.4. The van der Waals surface area contributed by atoms with Crippen LogP contribution in [0.5, 0.6) is 0 Å². The Morgan fingerprint density at radius 3 is 2.67 bits per heavy atom. The summed E-state index contributed by atoms with van der Waals surface area (Å²) in [7, 11) is 0. The Morgan fingerprint density at radius 2 is 2.17 bits per heavy atom. The number of azo groups is 1. The van der Waals surface area contributed by atoms with E-state index in [0.717, 1.165) is 18.4 Å². The van der Waals surface area contributed by atoms with Crippen LogP contribution in [0.1, 0.15) is 32.6 Å². The summed E-state index contributed by atoms with van der Waals surface area (Å²) >= 11 is 0. The molecule has 1 rings (SSSR count). The third kappa shape index (κ3) is 3.85. The van der Waals surface area contributed by atoms with Gasteiger partial charge in [-0.05, 0) is 12.8 Å². The minimum Gasteiger partial charge on any atom is -0.265 e. The number of carbonyl (C=O) groups is 1. The number of unbranched alkanes of at least 4 members (excludes halogenated alkanes) is 2. The van der Waals surface area contributed by atoms with Crippen LogP contribution >= 0.6 is 0 Å². The van der Waals surface area contributed by atoms with E-state index in [-0.39, 0.29) is 46.7 Å². The predicted octanol–water partition coefficient (Wildman–Crippen LogP) is 2.44. The van der Waals surface area contributed by atoms with Gasteiger partial charge in [-0.2, -0.15) is 5.11 Å². The molecule has 1 amide bonds. The maximum atomic E-state index is 10.8. The van der Waals surface area contributed by atoms with Gasteiger partial charge >= 0.3 is 0 Å². The molecule has 64 valence electrons. The van der Waals surface area contributed by atoms with Crippen LogP contribution in [0.15, 0.2) is 22.0 Å². The Labute approximate surface area is 105 Å². The molecule has 1 aliphatic rings. The summed E-state index contributed by atoms with van der Waals surface area (Å²) in [5.74, 6) is -0.152. The molecular formula is C8H12N2NdO. The molecular weight excluding hydrogens is 284 g/mol. The number of rotatable bonds is 4. The van der Waals surface area contributed by atoms with E-state index in [2.05, 4.69) is 17.2 Å². The van der Waals surface area contributed by atoms with Crippen molar-refractivity contribution in [3.05, 3.63) is 11.8 Å². The van der Waals surface area contributed by atoms with Crippen molar-refractivity contribution in [2.75, 3.05) is 0 Å². The van der Waals surface area contributed by atoms with Crippen LogP contribution in [0.4, 0.5) is 0 Å². The topological polar surface area (TPSA) is 41.8 Å². The first-order valence-corrected chi connectivity index (χ1v) is 3.99. The second kappa shape index (κ2) is 6.83. The molecule has 1 aliphatic heterocycles. The summed E-state index contributed by atoms with van der Waals surface area (Å²) in [6, 6.07) is 0. The molecule has 0 bridgehead atoms. The van der Waals surface area contributed by atoms with Crippen molar-refractivity contribution in [3.63, 3.8) is 0 Å². The standard InChI is InChI=1S/C8H12N2O.Nd/c1-2-3-4-5-7-6-9-10-8(7)11;/h6H,2-5H2,1H3;. The van der Waals surface area contributed by atoms with Crippen LogP contribution in [0.25, 0.3) is 0 Å². The fraction of sp³-hybridized carbons (Fsp3) is 0.625. The molecule has 12 heavy (non-hydrogen) atoms. The van der Waals surface area contributed by atoms with Gasteiger partial charge in [0.25, 0.3) is 5.91 Å². The molecule has 0 saturated heterocycles. The van der Waals surface area contributed by atoms with Gasteiger partial charge in [0.15, 0.2) is 0 Å². The Morgan fingerprint density at radius 1 is 1.42 bits per heavy atom. The Bertz CT molecular complexity index is 211. The van der Waals surface area contributed by atoms with E-state index in [1.165, 1.54) is 12.8 Å². The predicted molar refractivity (Wildman–Crippen MR) is 42.1 cm³/mol. The van der Waals surface area contributed by atoms with Crippen molar-refractivity contribution < 1.29 is 45.6 Å². The molecule has 0 N–H and O–H groups in total. The molecule has 0 saturated carbocycles. The van der Waals surface area contributed by atoms with Crippen LogP contribution in [0.2, 0.25) is 0 Å². The van der Waals surface area contributed by atoms with Gasteiger partial charge in [0.2, 0.25) is 0 Å². The van der Waals surface area contributed by atoms with Gasteiger partial charge in [-0.15, -0.1) is 5.11 Å². The van der Waals surface area contributed by atoms with Crippen LogP contribution in [0, 0.1) is 40.8 Å². The molecule has 0 spiro atoms. The molecule has 0 aromatic carbocycles. The molecule has 0 aromatic heterocycles. The zero-order valence-electron chi connectivity index (χ0n) is 7.21. The van der Waals surface area contributed by atoms with Gasteiger partial charge in [0.05, 0.1) is 6.20 Å². The van der Waals surface area contributed by atoms with Crippen LogP contribution in [0.3, 0.4) is 0 Å². The van der Waals surface area contributed by atoms with Gasteiger partial charge in [-0.3, -0.25) is 4.79 Å². The summed E-state index contributed by atoms with van der Waals surface area (Å²) in [5.41, 5.74) is 0.762. The van der Waals surface area contributed by atoms with Gasteiger partial charge in [-0.1, -0.05) is 19.8 Å². The Kier molecular flexibility index (Phi) is 7.04. The molecule has 0 aliphatic carbocycles. The smallest absolute Gasteiger partial charge is 0.265 e. The van der Waals surface area contributed by atoms with Gasteiger partial charge in [0, 0.05) is 46.4 Å². The second-order valence-electron chi connectivity index (χ2n) is 2.63. The molecule has 0 aromatic rings. The maximum Gasteiger partial charge on any atom is 0.292 e. The van der Waals surface area contributed by atoms with Crippen molar-refractivity contribution in [3.8, 4) is 0 Å². The van der Waals surface area contributed by atoms with Crippen LogP contribution < -0.4 is 0 Å². The summed E-state index contributed by atoms with van der Waals surface area (Å²) in [6.07, 6.45) is 5.82. The molecule has 0 radical (unpaired) electrons. The van der Waals surface area contributed by atoms with Crippen molar-refractivity contribution in [2.24, 2.45) is 10.2 Å². The fourth-order valence-corrected chi connectivity index (χ4v) is 1.01. The Balaban J connectivity index is 0.00000121. The zero-order chi connectivity index (χ0) is 8.10. The van der Waals surface area contributed by atoms with Crippen LogP contribution in [-0.2, 0) is 4.79 Å². The third-order valence-electron chi connectivity index (χ3n) is 1.69. The molecule has 0 fully saturated rings. The molecule has 0 unspecified atom stereocenters. The number of hydrogen-bond acceptors (Lipinski definition) is 2. The SMILES string of the molecule is CCCCCC1=CN=NC1=O.[Nd]. The van der Waals surface area contributed by atoms with Gasteiger partial charge in [-0.25, -0.2) is 0 Å². The minimum atomic E-state index is -0.152. The van der Waals surface area contributed by atoms with Crippen molar-refractivity contribution >= 4 is 5.91 Å². The quantitative estimate of drug-likeness (QED) is 0.735. The Hall–Kier alpha value is 0.361. The van der Waals surface area contributed by atoms with Gasteiger partial charge in [0.1, 0.15) is 0 Å². The van der Waals surface area contributed by atoms with Crippen molar-refractivity contribution in [2.45, 2.75) is 32.6 Å². The summed E-state index contributed by atoms with van der Waals surface area (Å²) in [6.45, 7) is 2.14. The molecule has 3 nitrogen and oxygen atoms in total. The first-order valence-electron chi connectivity index (χ1n) is 3.99. The monoisotopic (exact) mass is 294 g/mol. The molecule has 4 heteroatoms.